The van der Waals surface area contributed by atoms with Gasteiger partial charge in [0.1, 0.15) is 6.33 Å². The second-order valence-electron chi connectivity index (χ2n) is 8.94. The molecule has 0 saturated carbocycles. The number of aromatic amines is 1. The number of amides is 1. The molecular formula is C22H24N8O3Si. The number of benzene rings is 1. The van der Waals surface area contributed by atoms with Crippen molar-refractivity contribution in [3.05, 3.63) is 70.8 Å². The average Bonchev–Trinajstić information content (AvgIpc) is 3.31. The molecule has 3 heterocycles. The highest BCUT2D eigenvalue weighted by Crippen LogP contribution is 2.13. The first-order valence-corrected chi connectivity index (χ1v) is 14.3. The Hall–Kier alpha value is -4.19. The maximum Gasteiger partial charge on any atom is 0.280 e. The summed E-state index contributed by atoms with van der Waals surface area (Å²) >= 11 is 0. The minimum Gasteiger partial charge on any atom is -0.379 e. The predicted molar refractivity (Wildman–Crippen MR) is 130 cm³/mol. The minimum absolute atomic E-state index is 0.0613. The lowest BCUT2D eigenvalue weighted by molar-refractivity contribution is -0.114. The third-order valence-electron chi connectivity index (χ3n) is 4.76. The van der Waals surface area contributed by atoms with E-state index in [9.17, 15) is 14.4 Å². The van der Waals surface area contributed by atoms with E-state index in [0.29, 0.717) is 23.8 Å². The summed E-state index contributed by atoms with van der Waals surface area (Å²) in [4.78, 5) is 56.2. The highest BCUT2D eigenvalue weighted by molar-refractivity contribution is 6.79. The molecule has 3 N–H and O–H groups in total. The Morgan fingerprint density at radius 2 is 1.88 bits per heavy atom. The number of hydrogen-bond donors (Lipinski definition) is 3. The molecule has 0 atom stereocenters. The van der Waals surface area contributed by atoms with Crippen LogP contribution < -0.4 is 16.2 Å². The van der Waals surface area contributed by atoms with Crippen molar-refractivity contribution in [1.29, 1.82) is 0 Å². The lowest BCUT2D eigenvalue weighted by Crippen LogP contribution is -2.29. The number of aromatic nitrogens is 6. The zero-order valence-electron chi connectivity index (χ0n) is 19.0. The van der Waals surface area contributed by atoms with Gasteiger partial charge >= 0.3 is 0 Å². The maximum atomic E-state index is 12.5. The fraction of sp³-hybridized carbons (Fsp3) is 0.227. The molecule has 0 saturated heterocycles. The second kappa shape index (κ2) is 9.35. The molecule has 0 aliphatic heterocycles. The third-order valence-corrected chi connectivity index (χ3v) is 6.14. The number of anilines is 2. The quantitative estimate of drug-likeness (QED) is 0.345. The number of rotatable bonds is 7. The molecule has 0 spiro atoms. The van der Waals surface area contributed by atoms with Gasteiger partial charge in [0.2, 0.25) is 11.9 Å². The van der Waals surface area contributed by atoms with Gasteiger partial charge < -0.3 is 5.32 Å². The van der Waals surface area contributed by atoms with E-state index in [1.54, 1.807) is 36.7 Å². The van der Waals surface area contributed by atoms with Gasteiger partial charge in [0.15, 0.2) is 11.2 Å². The molecule has 4 aromatic rings. The van der Waals surface area contributed by atoms with E-state index in [1.807, 2.05) is 0 Å². The summed E-state index contributed by atoms with van der Waals surface area (Å²) in [6.45, 7) is 6.56. The summed E-state index contributed by atoms with van der Waals surface area (Å²) in [7, 11) is -1.59. The molecule has 11 nitrogen and oxygen atoms in total. The molecular weight excluding hydrogens is 452 g/mol. The van der Waals surface area contributed by atoms with Gasteiger partial charge in [-0.15, -0.1) is 0 Å². The van der Waals surface area contributed by atoms with Crippen LogP contribution in [0.15, 0.2) is 54.0 Å². The van der Waals surface area contributed by atoms with Gasteiger partial charge in [-0.2, -0.15) is 4.98 Å². The minimum atomic E-state index is -1.59. The van der Waals surface area contributed by atoms with E-state index < -0.39 is 13.6 Å². The number of carbonyl (C=O) groups is 2. The van der Waals surface area contributed by atoms with Crippen LogP contribution >= 0.6 is 0 Å². The Kier molecular flexibility index (Phi) is 6.32. The summed E-state index contributed by atoms with van der Waals surface area (Å²) < 4.78 is 1.40. The van der Waals surface area contributed by atoms with Crippen molar-refractivity contribution in [3.8, 4) is 0 Å². The smallest absolute Gasteiger partial charge is 0.280 e. The van der Waals surface area contributed by atoms with Crippen LogP contribution in [0.4, 0.5) is 11.6 Å². The van der Waals surface area contributed by atoms with Crippen LogP contribution in [0.25, 0.3) is 11.2 Å². The van der Waals surface area contributed by atoms with Gasteiger partial charge in [-0.05, 0) is 24.3 Å². The van der Waals surface area contributed by atoms with Crippen LogP contribution in [0, 0.1) is 0 Å². The van der Waals surface area contributed by atoms with Gasteiger partial charge in [-0.1, -0.05) is 19.6 Å². The molecule has 1 amide bonds. The van der Waals surface area contributed by atoms with Crippen molar-refractivity contribution >= 4 is 42.7 Å². The van der Waals surface area contributed by atoms with E-state index in [-0.39, 0.29) is 28.9 Å². The molecule has 3 aromatic heterocycles. The summed E-state index contributed by atoms with van der Waals surface area (Å²) in [5, 5.41) is 5.82. The highest BCUT2D eigenvalue weighted by atomic mass is 28.3. The Labute approximate surface area is 195 Å². The van der Waals surface area contributed by atoms with Crippen LogP contribution in [-0.4, -0.2) is 49.4 Å². The summed E-state index contributed by atoms with van der Waals surface area (Å²) in [6, 6.07) is 7.40. The van der Waals surface area contributed by atoms with E-state index in [0.717, 1.165) is 5.69 Å². The molecule has 0 radical (unpaired) electrons. The summed E-state index contributed by atoms with van der Waals surface area (Å²) in [5.74, 6) is -0.299. The number of imidazole rings is 1. The van der Waals surface area contributed by atoms with Gasteiger partial charge in [0.25, 0.3) is 11.5 Å². The van der Waals surface area contributed by atoms with Gasteiger partial charge in [0, 0.05) is 29.7 Å². The van der Waals surface area contributed by atoms with Crippen LogP contribution in [0.5, 0.6) is 0 Å². The number of H-pyrrole nitrogens is 1. The Morgan fingerprint density at radius 1 is 1.12 bits per heavy atom. The second-order valence-corrected chi connectivity index (χ2v) is 14.4. The van der Waals surface area contributed by atoms with E-state index in [2.05, 4.69) is 55.2 Å². The topological polar surface area (TPSA) is 148 Å². The lowest BCUT2D eigenvalue weighted by atomic mass is 10.2. The first kappa shape index (κ1) is 23.0. The summed E-state index contributed by atoms with van der Waals surface area (Å²) in [5.41, 5.74) is 1.59. The van der Waals surface area contributed by atoms with Crippen LogP contribution in [0.2, 0.25) is 25.7 Å². The van der Waals surface area contributed by atoms with E-state index in [1.165, 1.54) is 17.1 Å². The van der Waals surface area contributed by atoms with Gasteiger partial charge in [0.05, 0.1) is 26.5 Å². The number of hydrogen-bond acceptors (Lipinski definition) is 8. The van der Waals surface area contributed by atoms with E-state index >= 15 is 0 Å². The fourth-order valence-corrected chi connectivity index (χ4v) is 4.26. The molecule has 174 valence electrons. The van der Waals surface area contributed by atoms with Crippen molar-refractivity contribution in [2.75, 3.05) is 10.6 Å². The van der Waals surface area contributed by atoms with Crippen LogP contribution in [0.3, 0.4) is 0 Å². The van der Waals surface area contributed by atoms with Crippen molar-refractivity contribution in [2.24, 2.45) is 0 Å². The zero-order valence-corrected chi connectivity index (χ0v) is 20.0. The zero-order chi connectivity index (χ0) is 24.3. The lowest BCUT2D eigenvalue weighted by Gasteiger charge is -2.14. The van der Waals surface area contributed by atoms with Crippen molar-refractivity contribution in [1.82, 2.24) is 29.5 Å². The largest absolute Gasteiger partial charge is 0.379 e. The van der Waals surface area contributed by atoms with E-state index in [4.69, 9.17) is 0 Å². The molecule has 0 fully saturated rings. The first-order valence-electron chi connectivity index (χ1n) is 10.6. The Morgan fingerprint density at radius 3 is 2.56 bits per heavy atom. The molecule has 12 heteroatoms. The van der Waals surface area contributed by atoms with Crippen molar-refractivity contribution < 1.29 is 9.59 Å². The first-order chi connectivity index (χ1) is 16.2. The molecule has 0 aliphatic rings. The molecule has 1 aromatic carbocycles. The molecule has 4 rings (SSSR count). The third kappa shape index (κ3) is 5.59. The number of fused-ring (bicyclic) bond motifs is 1. The average molecular weight is 477 g/mol. The molecule has 0 bridgehead atoms. The number of carbonyl (C=O) groups excluding carboxylic acids is 2. The monoisotopic (exact) mass is 476 g/mol. The van der Waals surface area contributed by atoms with Crippen molar-refractivity contribution in [2.45, 2.75) is 32.2 Å². The fourth-order valence-electron chi connectivity index (χ4n) is 3.21. The van der Waals surface area contributed by atoms with Crippen molar-refractivity contribution in [3.63, 3.8) is 0 Å². The Balaban J connectivity index is 1.43. The normalized spacial score (nSPS) is 11.4. The molecule has 0 unspecified atom stereocenters. The molecule has 34 heavy (non-hydrogen) atoms. The van der Waals surface area contributed by atoms with Gasteiger partial charge in [-0.3, -0.25) is 29.3 Å². The Bertz CT molecular complexity index is 1390. The molecule has 0 aliphatic carbocycles. The summed E-state index contributed by atoms with van der Waals surface area (Å²) in [6.07, 6.45) is 6.11. The maximum absolute atomic E-state index is 12.5. The predicted octanol–water partition coefficient (Wildman–Crippen LogP) is 2.49. The highest BCUT2D eigenvalue weighted by Gasteiger charge is 2.19. The standard InChI is InChI=1S/C22H24N8O3Si/c1-34(2,3)12-17(31)27-22-28-19-18(20(32)29-22)26-16(11-25-19)10-24-15-6-4-14(5-7-15)21(33)30-9-8-23-13-30/h4-9,11,13,24H,10,12H2,1-3H3,(H2,25,27,28,29,31,32). The number of nitrogens with zero attached hydrogens (tertiary/aromatic N) is 5. The SMILES string of the molecule is C[Si](C)(C)CC(=O)Nc1nc2ncc(CNc3ccc(C(=O)n4ccnc4)cc3)nc2c(=O)[nH]1. The van der Waals surface area contributed by atoms with Crippen LogP contribution in [-0.2, 0) is 11.3 Å². The van der Waals surface area contributed by atoms with Crippen LogP contribution in [0.1, 0.15) is 16.1 Å². The number of nitrogens with one attached hydrogen (secondary N) is 3. The van der Waals surface area contributed by atoms with Gasteiger partial charge in [-0.25, -0.2) is 15.0 Å².